The van der Waals surface area contributed by atoms with E-state index in [2.05, 4.69) is 10.6 Å². The summed E-state index contributed by atoms with van der Waals surface area (Å²) in [5.41, 5.74) is 0.904. The van der Waals surface area contributed by atoms with Crippen LogP contribution >= 0.6 is 0 Å². The van der Waals surface area contributed by atoms with Crippen molar-refractivity contribution in [1.29, 1.82) is 0 Å². The Hall–Kier alpha value is -2.96. The molecule has 7 nitrogen and oxygen atoms in total. The number of esters is 1. The van der Waals surface area contributed by atoms with E-state index < -0.39 is 17.9 Å². The number of rotatable bonds is 11. The van der Waals surface area contributed by atoms with E-state index in [4.69, 9.17) is 4.74 Å². The lowest BCUT2D eigenvalue weighted by atomic mass is 9.90. The van der Waals surface area contributed by atoms with Crippen LogP contribution < -0.4 is 10.6 Å². The van der Waals surface area contributed by atoms with E-state index >= 15 is 0 Å². The smallest absolute Gasteiger partial charge is 0.328 e. The summed E-state index contributed by atoms with van der Waals surface area (Å²) in [5, 5.41) is 5.46. The predicted molar refractivity (Wildman–Crippen MR) is 118 cm³/mol. The van der Waals surface area contributed by atoms with Gasteiger partial charge in [0.05, 0.1) is 7.11 Å². The fourth-order valence-electron chi connectivity index (χ4n) is 3.72. The number of ketones is 1. The quantitative estimate of drug-likeness (QED) is 0.417. The molecule has 0 aromatic heterocycles. The first-order chi connectivity index (χ1) is 14.8. The van der Waals surface area contributed by atoms with Gasteiger partial charge in [0.2, 0.25) is 11.8 Å². The first-order valence-electron chi connectivity index (χ1n) is 10.7. The summed E-state index contributed by atoms with van der Waals surface area (Å²) in [7, 11) is 1.25. The molecule has 0 spiro atoms. The lowest BCUT2D eigenvalue weighted by Crippen LogP contribution is -2.46. The van der Waals surface area contributed by atoms with Gasteiger partial charge in [0.15, 0.2) is 5.78 Å². The minimum absolute atomic E-state index is 0.0468. The van der Waals surface area contributed by atoms with Crippen LogP contribution in [0.1, 0.15) is 45.1 Å². The third-order valence-electron chi connectivity index (χ3n) is 5.32. The largest absolute Gasteiger partial charge is 0.467 e. The zero-order valence-corrected chi connectivity index (χ0v) is 18.4. The lowest BCUT2D eigenvalue weighted by molar-refractivity contribution is -0.146. The molecule has 3 atom stereocenters. The second-order valence-corrected chi connectivity index (χ2v) is 8.34. The molecule has 2 rings (SSSR count). The van der Waals surface area contributed by atoms with E-state index in [-0.39, 0.29) is 42.3 Å². The van der Waals surface area contributed by atoms with Crippen LogP contribution in [-0.2, 0) is 23.9 Å². The lowest BCUT2D eigenvalue weighted by Gasteiger charge is -2.23. The van der Waals surface area contributed by atoms with Gasteiger partial charge in [-0.3, -0.25) is 14.4 Å². The Labute approximate surface area is 183 Å². The average molecular weight is 429 g/mol. The molecule has 2 amide bonds. The molecule has 1 aromatic rings. The Morgan fingerprint density at radius 1 is 1.23 bits per heavy atom. The van der Waals surface area contributed by atoms with E-state index in [9.17, 15) is 19.2 Å². The van der Waals surface area contributed by atoms with Gasteiger partial charge < -0.3 is 15.4 Å². The summed E-state index contributed by atoms with van der Waals surface area (Å²) >= 11 is 0. The fraction of sp³-hybridized carbons (Fsp3) is 0.500. The Bertz CT molecular complexity index is 803. The van der Waals surface area contributed by atoms with Gasteiger partial charge in [-0.15, -0.1) is 0 Å². The van der Waals surface area contributed by atoms with Crippen LogP contribution in [0.5, 0.6) is 0 Å². The molecule has 0 aliphatic carbocycles. The molecular formula is C24H32N2O5. The Balaban J connectivity index is 2.05. The number of carbonyl (C=O) groups excluding carboxylic acids is 4. The summed E-state index contributed by atoms with van der Waals surface area (Å²) in [6.07, 6.45) is 4.56. The van der Waals surface area contributed by atoms with Crippen LogP contribution in [0.25, 0.3) is 6.08 Å². The molecule has 0 radical (unpaired) electrons. The minimum atomic E-state index is -0.920. The molecule has 1 fully saturated rings. The molecule has 0 saturated carbocycles. The number of nitrogens with one attached hydrogen (secondary N) is 2. The number of carbonyl (C=O) groups is 4. The number of allylic oxidation sites excluding steroid dienone is 1. The molecule has 0 unspecified atom stereocenters. The maximum absolute atomic E-state index is 13.0. The zero-order valence-electron chi connectivity index (χ0n) is 18.4. The van der Waals surface area contributed by atoms with Crippen molar-refractivity contribution in [1.82, 2.24) is 10.6 Å². The van der Waals surface area contributed by atoms with Gasteiger partial charge >= 0.3 is 5.97 Å². The summed E-state index contributed by atoms with van der Waals surface area (Å²) in [4.78, 5) is 49.6. The first-order valence-corrected chi connectivity index (χ1v) is 10.7. The standard InChI is InChI=1S/C24H32N2O5/c1-16(2)13-19(14-20(27)10-9-17-7-5-4-6-8-17)23(29)26-21(24(30)31-3)15-18-11-12-25-22(18)28/h4-10,16,18-19,21H,11-15H2,1-3H3,(H,25,28)(H,26,29)/b10-9+/t18-,19+,21-/m0/s1. The van der Waals surface area contributed by atoms with Gasteiger partial charge in [0.1, 0.15) is 6.04 Å². The van der Waals surface area contributed by atoms with Gasteiger partial charge in [-0.05, 0) is 36.8 Å². The maximum Gasteiger partial charge on any atom is 0.328 e. The third-order valence-corrected chi connectivity index (χ3v) is 5.32. The highest BCUT2D eigenvalue weighted by atomic mass is 16.5. The Morgan fingerprint density at radius 2 is 1.94 bits per heavy atom. The number of benzene rings is 1. The fourth-order valence-corrected chi connectivity index (χ4v) is 3.72. The molecule has 168 valence electrons. The molecular weight excluding hydrogens is 396 g/mol. The van der Waals surface area contributed by atoms with Gasteiger partial charge in [-0.25, -0.2) is 4.79 Å². The van der Waals surface area contributed by atoms with Crippen LogP contribution in [0.15, 0.2) is 36.4 Å². The molecule has 1 heterocycles. The maximum atomic E-state index is 13.0. The molecule has 2 N–H and O–H groups in total. The number of hydrogen-bond acceptors (Lipinski definition) is 5. The van der Waals surface area contributed by atoms with E-state index in [1.807, 2.05) is 44.2 Å². The Kier molecular flexibility index (Phi) is 9.43. The normalized spacial score (nSPS) is 17.9. The van der Waals surface area contributed by atoms with Crippen molar-refractivity contribution >= 4 is 29.6 Å². The van der Waals surface area contributed by atoms with Crippen molar-refractivity contribution in [2.24, 2.45) is 17.8 Å². The highest BCUT2D eigenvalue weighted by Gasteiger charge is 2.33. The SMILES string of the molecule is COC(=O)[C@H](C[C@@H]1CCNC1=O)NC(=O)[C@@H](CC(=O)/C=C/c1ccccc1)CC(C)C. The molecule has 31 heavy (non-hydrogen) atoms. The summed E-state index contributed by atoms with van der Waals surface area (Å²) in [6.45, 7) is 4.51. The van der Waals surface area contributed by atoms with Crippen molar-refractivity contribution in [3.8, 4) is 0 Å². The highest BCUT2D eigenvalue weighted by Crippen LogP contribution is 2.20. The molecule has 7 heteroatoms. The van der Waals surface area contributed by atoms with Crippen LogP contribution in [0.3, 0.4) is 0 Å². The van der Waals surface area contributed by atoms with Crippen LogP contribution in [0.2, 0.25) is 0 Å². The van der Waals surface area contributed by atoms with Crippen molar-refractivity contribution in [2.45, 2.75) is 45.6 Å². The second kappa shape index (κ2) is 12.0. The highest BCUT2D eigenvalue weighted by molar-refractivity contribution is 5.97. The molecule has 1 saturated heterocycles. The monoisotopic (exact) mass is 428 g/mol. The van der Waals surface area contributed by atoms with Gasteiger partial charge in [-0.2, -0.15) is 0 Å². The minimum Gasteiger partial charge on any atom is -0.467 e. The van der Waals surface area contributed by atoms with Crippen LogP contribution in [0.4, 0.5) is 0 Å². The van der Waals surface area contributed by atoms with Gasteiger partial charge in [0, 0.05) is 24.8 Å². The van der Waals surface area contributed by atoms with Crippen molar-refractivity contribution < 1.29 is 23.9 Å². The molecule has 0 bridgehead atoms. The molecule has 1 aliphatic heterocycles. The van der Waals surface area contributed by atoms with Gasteiger partial charge in [0.25, 0.3) is 0 Å². The number of methoxy groups -OCH3 is 1. The van der Waals surface area contributed by atoms with Crippen LogP contribution in [-0.4, -0.2) is 43.3 Å². The van der Waals surface area contributed by atoms with Crippen molar-refractivity contribution in [3.63, 3.8) is 0 Å². The number of hydrogen-bond donors (Lipinski definition) is 2. The topological polar surface area (TPSA) is 102 Å². The van der Waals surface area contributed by atoms with Crippen molar-refractivity contribution in [2.75, 3.05) is 13.7 Å². The van der Waals surface area contributed by atoms with Crippen LogP contribution in [0, 0.1) is 17.8 Å². The summed E-state index contributed by atoms with van der Waals surface area (Å²) < 4.78 is 4.82. The summed E-state index contributed by atoms with van der Waals surface area (Å²) in [5.74, 6) is -1.96. The second-order valence-electron chi connectivity index (χ2n) is 8.34. The third kappa shape index (κ3) is 8.00. The Morgan fingerprint density at radius 3 is 2.52 bits per heavy atom. The van der Waals surface area contributed by atoms with E-state index in [0.717, 1.165) is 5.56 Å². The van der Waals surface area contributed by atoms with E-state index in [1.165, 1.54) is 13.2 Å². The van der Waals surface area contributed by atoms with E-state index in [1.54, 1.807) is 6.08 Å². The number of amides is 2. The van der Waals surface area contributed by atoms with Gasteiger partial charge in [-0.1, -0.05) is 50.3 Å². The average Bonchev–Trinajstić information content (AvgIpc) is 3.15. The molecule has 1 aromatic carbocycles. The first kappa shape index (κ1) is 24.3. The van der Waals surface area contributed by atoms with Crippen molar-refractivity contribution in [3.05, 3.63) is 42.0 Å². The summed E-state index contributed by atoms with van der Waals surface area (Å²) in [6, 6.07) is 8.53. The number of ether oxygens (including phenoxy) is 1. The molecule has 1 aliphatic rings. The predicted octanol–water partition coefficient (Wildman–Crippen LogP) is 2.51. The van der Waals surface area contributed by atoms with E-state index in [0.29, 0.717) is 19.4 Å². The zero-order chi connectivity index (χ0) is 22.8.